The Bertz CT molecular complexity index is 1430. The zero-order valence-electron chi connectivity index (χ0n) is 18.2. The number of hydrogen-bond donors (Lipinski definition) is 0. The van der Waals surface area contributed by atoms with Gasteiger partial charge in [0.1, 0.15) is 5.75 Å². The van der Waals surface area contributed by atoms with Crippen LogP contribution in [0.2, 0.25) is 0 Å². The van der Waals surface area contributed by atoms with Crippen LogP contribution in [0.1, 0.15) is 16.7 Å². The molecule has 10 nitrogen and oxygen atoms in total. The molecule has 0 radical (unpaired) electrons. The first kappa shape index (κ1) is 22.9. The van der Waals surface area contributed by atoms with Crippen molar-refractivity contribution in [1.82, 2.24) is 0 Å². The second-order valence-corrected chi connectivity index (χ2v) is 9.50. The number of non-ortho nitro benzene ring substituents is 1. The summed E-state index contributed by atoms with van der Waals surface area (Å²) in [5.74, 6) is 0.610. The van der Waals surface area contributed by atoms with Crippen molar-refractivity contribution in [2.45, 2.75) is 11.8 Å². The SMILES string of the molecule is COc1ccc(C=C2CN(S(=O)(=O)c3ccc(C)cc3)c3cc([N+](=O)[O-])cc([N+](=O)[O-])c32)cc1. The van der Waals surface area contributed by atoms with Crippen LogP contribution in [0.25, 0.3) is 11.6 Å². The number of ether oxygens (including phenoxy) is 1. The van der Waals surface area contributed by atoms with Gasteiger partial charge in [0.15, 0.2) is 0 Å². The highest BCUT2D eigenvalue weighted by Crippen LogP contribution is 2.47. The number of hydrogen-bond acceptors (Lipinski definition) is 7. The largest absolute Gasteiger partial charge is 0.497 e. The van der Waals surface area contributed by atoms with Crippen LogP contribution >= 0.6 is 0 Å². The van der Waals surface area contributed by atoms with E-state index in [-0.39, 0.29) is 22.7 Å². The highest BCUT2D eigenvalue weighted by Gasteiger charge is 2.40. The van der Waals surface area contributed by atoms with Crippen LogP contribution < -0.4 is 9.04 Å². The summed E-state index contributed by atoms with van der Waals surface area (Å²) in [4.78, 5) is 21.8. The Kier molecular flexibility index (Phi) is 5.80. The number of nitro benzene ring substituents is 2. The first-order valence-corrected chi connectivity index (χ1v) is 11.5. The smallest absolute Gasteiger partial charge is 0.285 e. The molecular formula is C23H19N3O7S. The summed E-state index contributed by atoms with van der Waals surface area (Å²) in [7, 11) is -2.64. The van der Waals surface area contributed by atoms with Gasteiger partial charge in [-0.1, -0.05) is 29.8 Å². The van der Waals surface area contributed by atoms with Gasteiger partial charge in [0.25, 0.3) is 21.4 Å². The molecule has 0 bridgehead atoms. The molecule has 34 heavy (non-hydrogen) atoms. The molecular weight excluding hydrogens is 462 g/mol. The Morgan fingerprint density at radius 3 is 2.18 bits per heavy atom. The Hall–Kier alpha value is -4.25. The molecule has 3 aromatic rings. The monoisotopic (exact) mass is 481 g/mol. The molecule has 1 aliphatic heterocycles. The van der Waals surface area contributed by atoms with E-state index in [0.29, 0.717) is 16.9 Å². The summed E-state index contributed by atoms with van der Waals surface area (Å²) in [6.07, 6.45) is 1.63. The molecule has 1 aliphatic rings. The van der Waals surface area contributed by atoms with Gasteiger partial charge in [0, 0.05) is 6.07 Å². The number of nitro groups is 2. The van der Waals surface area contributed by atoms with Gasteiger partial charge >= 0.3 is 0 Å². The van der Waals surface area contributed by atoms with Crippen molar-refractivity contribution in [3.05, 3.63) is 97.6 Å². The van der Waals surface area contributed by atoms with Crippen molar-refractivity contribution < 1.29 is 23.0 Å². The molecule has 1 heterocycles. The van der Waals surface area contributed by atoms with E-state index in [9.17, 15) is 28.6 Å². The molecule has 0 saturated carbocycles. The maximum Gasteiger partial charge on any atom is 0.285 e. The molecule has 4 rings (SSSR count). The van der Waals surface area contributed by atoms with Crippen molar-refractivity contribution in [2.75, 3.05) is 18.0 Å². The highest BCUT2D eigenvalue weighted by molar-refractivity contribution is 7.92. The fourth-order valence-corrected chi connectivity index (χ4v) is 5.21. The molecule has 0 amide bonds. The van der Waals surface area contributed by atoms with E-state index in [1.807, 2.05) is 6.92 Å². The second-order valence-electron chi connectivity index (χ2n) is 7.64. The Labute approximate surface area is 195 Å². The first-order chi connectivity index (χ1) is 16.1. The van der Waals surface area contributed by atoms with Crippen LogP contribution in [0.3, 0.4) is 0 Å². The molecule has 0 N–H and O–H groups in total. The van der Waals surface area contributed by atoms with E-state index in [4.69, 9.17) is 4.74 Å². The lowest BCUT2D eigenvalue weighted by Gasteiger charge is -2.19. The van der Waals surface area contributed by atoms with Crippen molar-refractivity contribution in [3.63, 3.8) is 0 Å². The highest BCUT2D eigenvalue weighted by atomic mass is 32.2. The Morgan fingerprint density at radius 2 is 1.62 bits per heavy atom. The minimum atomic E-state index is -4.16. The lowest BCUT2D eigenvalue weighted by atomic mass is 10.0. The summed E-state index contributed by atoms with van der Waals surface area (Å²) in [6, 6.07) is 14.9. The predicted octanol–water partition coefficient (Wildman–Crippen LogP) is 4.57. The second kappa shape index (κ2) is 8.60. The summed E-state index contributed by atoms with van der Waals surface area (Å²) < 4.78 is 33.1. The minimum Gasteiger partial charge on any atom is -0.497 e. The van der Waals surface area contributed by atoms with E-state index < -0.39 is 31.2 Å². The quantitative estimate of drug-likeness (QED) is 0.372. The van der Waals surface area contributed by atoms with E-state index in [2.05, 4.69) is 0 Å². The standard InChI is InChI=1S/C23H19N3O7S/c1-15-3-9-20(10-4-15)34(31,32)24-14-17(11-16-5-7-19(33-2)8-6-16)23-21(24)12-18(25(27)28)13-22(23)26(29)30/h3-13H,14H2,1-2H3. The van der Waals surface area contributed by atoms with E-state index in [1.54, 1.807) is 42.5 Å². The third-order valence-electron chi connectivity index (χ3n) is 5.46. The van der Waals surface area contributed by atoms with Crippen LogP contribution in [-0.4, -0.2) is 31.9 Å². The fraction of sp³-hybridized carbons (Fsp3) is 0.130. The predicted molar refractivity (Wildman–Crippen MR) is 126 cm³/mol. The van der Waals surface area contributed by atoms with Gasteiger partial charge in [-0.3, -0.25) is 24.5 Å². The van der Waals surface area contributed by atoms with Gasteiger partial charge < -0.3 is 4.74 Å². The van der Waals surface area contributed by atoms with Crippen LogP contribution in [-0.2, 0) is 10.0 Å². The molecule has 0 aliphatic carbocycles. The zero-order chi connectivity index (χ0) is 24.6. The van der Waals surface area contributed by atoms with Crippen LogP contribution in [0, 0.1) is 27.2 Å². The minimum absolute atomic E-state index is 0.0242. The number of aryl methyl sites for hydroxylation is 1. The molecule has 0 atom stereocenters. The third-order valence-corrected chi connectivity index (χ3v) is 7.23. The number of fused-ring (bicyclic) bond motifs is 1. The average molecular weight is 481 g/mol. The Morgan fingerprint density at radius 1 is 0.971 bits per heavy atom. The molecule has 0 aromatic heterocycles. The maximum absolute atomic E-state index is 13.5. The summed E-state index contributed by atoms with van der Waals surface area (Å²) in [5, 5.41) is 23.3. The lowest BCUT2D eigenvalue weighted by Crippen LogP contribution is -2.29. The molecule has 174 valence electrons. The number of nitrogens with zero attached hydrogens (tertiary/aromatic N) is 3. The van der Waals surface area contributed by atoms with Crippen LogP contribution in [0.4, 0.5) is 17.1 Å². The van der Waals surface area contributed by atoms with Crippen molar-refractivity contribution >= 4 is 38.7 Å². The molecule has 3 aromatic carbocycles. The zero-order valence-corrected chi connectivity index (χ0v) is 19.0. The number of benzene rings is 3. The number of anilines is 1. The first-order valence-electron chi connectivity index (χ1n) is 10.0. The normalized spacial score (nSPS) is 14.2. The van der Waals surface area contributed by atoms with E-state index in [0.717, 1.165) is 22.0 Å². The number of methoxy groups -OCH3 is 1. The molecule has 0 fully saturated rings. The number of rotatable bonds is 6. The summed E-state index contributed by atoms with van der Waals surface area (Å²) >= 11 is 0. The van der Waals surface area contributed by atoms with Gasteiger partial charge in [-0.25, -0.2) is 8.42 Å². The number of sulfonamides is 1. The van der Waals surface area contributed by atoms with Gasteiger partial charge in [0.2, 0.25) is 0 Å². The Balaban J connectivity index is 1.94. The van der Waals surface area contributed by atoms with Gasteiger partial charge in [-0.15, -0.1) is 0 Å². The van der Waals surface area contributed by atoms with Crippen molar-refractivity contribution in [1.29, 1.82) is 0 Å². The molecule has 0 spiro atoms. The van der Waals surface area contributed by atoms with Crippen LogP contribution in [0.5, 0.6) is 5.75 Å². The van der Waals surface area contributed by atoms with Gasteiger partial charge in [-0.2, -0.15) is 0 Å². The van der Waals surface area contributed by atoms with Crippen LogP contribution in [0.15, 0.2) is 65.6 Å². The van der Waals surface area contributed by atoms with Gasteiger partial charge in [-0.05, 0) is 48.4 Å². The van der Waals surface area contributed by atoms with Gasteiger partial charge in [0.05, 0.1) is 45.7 Å². The molecule has 11 heteroatoms. The topological polar surface area (TPSA) is 133 Å². The maximum atomic E-state index is 13.5. The molecule has 0 unspecified atom stereocenters. The van der Waals surface area contributed by atoms with E-state index >= 15 is 0 Å². The van der Waals surface area contributed by atoms with Crippen molar-refractivity contribution in [2.24, 2.45) is 0 Å². The third kappa shape index (κ3) is 4.08. The van der Waals surface area contributed by atoms with E-state index in [1.165, 1.54) is 19.2 Å². The summed E-state index contributed by atoms with van der Waals surface area (Å²) in [5.41, 5.74) is 0.669. The molecule has 0 saturated heterocycles. The lowest BCUT2D eigenvalue weighted by molar-refractivity contribution is -0.394. The average Bonchev–Trinajstić information content (AvgIpc) is 3.18. The van der Waals surface area contributed by atoms with Crippen molar-refractivity contribution in [3.8, 4) is 5.75 Å². The summed E-state index contributed by atoms with van der Waals surface area (Å²) in [6.45, 7) is 1.59. The fourth-order valence-electron chi connectivity index (χ4n) is 3.76.